The summed E-state index contributed by atoms with van der Waals surface area (Å²) in [5.41, 5.74) is 5.84. The van der Waals surface area contributed by atoms with Crippen molar-refractivity contribution >= 4 is 32.0 Å². The van der Waals surface area contributed by atoms with Crippen molar-refractivity contribution in [3.05, 3.63) is 88.9 Å². The topological polar surface area (TPSA) is 91.5 Å². The molecule has 0 amide bonds. The summed E-state index contributed by atoms with van der Waals surface area (Å²) < 4.78 is 28.2. The molecule has 2 heterocycles. The van der Waals surface area contributed by atoms with Crippen LogP contribution in [0.4, 0.5) is 0 Å². The van der Waals surface area contributed by atoms with Crippen molar-refractivity contribution in [2.24, 2.45) is 0 Å². The van der Waals surface area contributed by atoms with E-state index in [1.54, 1.807) is 25.3 Å². The number of nitrogens with one attached hydrogen (secondary N) is 1. The molecule has 4 aromatic rings. The molecule has 5 rings (SSSR count). The van der Waals surface area contributed by atoms with Crippen LogP contribution < -0.4 is 0 Å². The minimum Gasteiger partial charge on any atom is -0.342 e. The van der Waals surface area contributed by atoms with Gasteiger partial charge in [0.05, 0.1) is 28.2 Å². The molecule has 0 fully saturated rings. The van der Waals surface area contributed by atoms with Crippen LogP contribution in [0.1, 0.15) is 49.2 Å². The van der Waals surface area contributed by atoms with E-state index >= 15 is 0 Å². The Morgan fingerprint density at radius 3 is 2.82 bits per heavy atom. The number of fused-ring (bicyclic) bond motifs is 2. The van der Waals surface area contributed by atoms with E-state index < -0.39 is 14.8 Å². The van der Waals surface area contributed by atoms with Gasteiger partial charge in [-0.1, -0.05) is 42.9 Å². The van der Waals surface area contributed by atoms with E-state index in [0.29, 0.717) is 23.9 Å². The number of allylic oxidation sites excluding steroid dienone is 3. The van der Waals surface area contributed by atoms with E-state index in [9.17, 15) is 8.42 Å². The number of benzene rings is 2. The van der Waals surface area contributed by atoms with Gasteiger partial charge >= 0.3 is 0 Å². The Morgan fingerprint density at radius 1 is 1.24 bits per heavy atom. The second-order valence-corrected chi connectivity index (χ2v) is 11.4. The molecule has 34 heavy (non-hydrogen) atoms. The van der Waals surface area contributed by atoms with Crippen LogP contribution in [0.5, 0.6) is 0 Å². The highest BCUT2D eigenvalue weighted by atomic mass is 32.2. The zero-order valence-corrected chi connectivity index (χ0v) is 20.3. The fourth-order valence-electron chi connectivity index (χ4n) is 4.77. The van der Waals surface area contributed by atoms with E-state index in [0.717, 1.165) is 45.4 Å². The first-order valence-corrected chi connectivity index (χ1v) is 12.8. The second kappa shape index (κ2) is 8.00. The number of H-pyrrole nitrogens is 1. The molecule has 7 heteroatoms. The smallest absolute Gasteiger partial charge is 0.248 e. The highest BCUT2D eigenvalue weighted by Gasteiger charge is 2.39. The number of aromatic amines is 1. The van der Waals surface area contributed by atoms with Crippen LogP contribution in [-0.2, 0) is 16.4 Å². The van der Waals surface area contributed by atoms with Gasteiger partial charge in [-0.15, -0.1) is 0 Å². The van der Waals surface area contributed by atoms with Crippen LogP contribution in [0.25, 0.3) is 21.9 Å². The summed E-state index contributed by atoms with van der Waals surface area (Å²) in [6.07, 6.45) is 9.32. The highest BCUT2D eigenvalue weighted by Crippen LogP contribution is 2.35. The van der Waals surface area contributed by atoms with Crippen molar-refractivity contribution in [3.63, 3.8) is 0 Å². The largest absolute Gasteiger partial charge is 0.342 e. The average Bonchev–Trinajstić information content (AvgIpc) is 3.45. The molecular formula is C27H26N4O2S. The molecule has 1 N–H and O–H groups in total. The maximum atomic E-state index is 13.9. The van der Waals surface area contributed by atoms with Crippen molar-refractivity contribution in [1.29, 1.82) is 5.26 Å². The Hall–Kier alpha value is -3.63. The standard InChI is InChI=1S/C27H26N4O2S/c1-4-19-6-5-12-27(3,16-19)34(32,33)31-13-11-22-21(9-7-18(2)26(22)31)15-25-29-23-10-8-20(17-28)14-24(23)30-25/h5-11,13-14,16H,4,12,15H2,1-3H3,(H,29,30). The van der Waals surface area contributed by atoms with Gasteiger partial charge in [-0.2, -0.15) is 5.26 Å². The number of imidazole rings is 1. The third-order valence-electron chi connectivity index (χ3n) is 6.73. The minimum absolute atomic E-state index is 0.445. The Bertz CT molecular complexity index is 1650. The minimum atomic E-state index is -3.69. The Labute approximate surface area is 199 Å². The van der Waals surface area contributed by atoms with Gasteiger partial charge in [0.15, 0.2) is 0 Å². The summed E-state index contributed by atoms with van der Waals surface area (Å²) in [4.78, 5) is 7.97. The first-order valence-electron chi connectivity index (χ1n) is 11.4. The number of rotatable bonds is 5. The fourth-order valence-corrected chi connectivity index (χ4v) is 6.53. The molecule has 0 bridgehead atoms. The summed E-state index contributed by atoms with van der Waals surface area (Å²) in [5, 5.41) is 10.0. The quantitative estimate of drug-likeness (QED) is 0.416. The van der Waals surface area contributed by atoms with E-state index in [-0.39, 0.29) is 0 Å². The lowest BCUT2D eigenvalue weighted by Gasteiger charge is -2.29. The van der Waals surface area contributed by atoms with Crippen molar-refractivity contribution in [2.45, 2.75) is 44.8 Å². The van der Waals surface area contributed by atoms with Crippen LogP contribution in [0.3, 0.4) is 0 Å². The Balaban J connectivity index is 1.58. The van der Waals surface area contributed by atoms with Crippen LogP contribution >= 0.6 is 0 Å². The molecular weight excluding hydrogens is 444 g/mol. The van der Waals surface area contributed by atoms with Crippen LogP contribution in [0.2, 0.25) is 0 Å². The van der Waals surface area contributed by atoms with Crippen molar-refractivity contribution in [2.75, 3.05) is 0 Å². The lowest BCUT2D eigenvalue weighted by atomic mass is 9.96. The lowest BCUT2D eigenvalue weighted by Crippen LogP contribution is -2.38. The van der Waals surface area contributed by atoms with Gasteiger partial charge in [0, 0.05) is 18.0 Å². The number of aryl methyl sites for hydroxylation is 1. The molecule has 172 valence electrons. The van der Waals surface area contributed by atoms with Crippen LogP contribution in [0, 0.1) is 18.3 Å². The first kappa shape index (κ1) is 22.2. The molecule has 0 radical (unpaired) electrons. The molecule has 1 unspecified atom stereocenters. The van der Waals surface area contributed by atoms with Gasteiger partial charge in [0.1, 0.15) is 10.6 Å². The van der Waals surface area contributed by atoms with Gasteiger partial charge in [0.25, 0.3) is 0 Å². The number of nitrogens with zero attached hydrogens (tertiary/aromatic N) is 3. The van der Waals surface area contributed by atoms with Crippen molar-refractivity contribution in [3.8, 4) is 6.07 Å². The number of hydrogen-bond donors (Lipinski definition) is 1. The number of aromatic nitrogens is 3. The Morgan fingerprint density at radius 2 is 2.06 bits per heavy atom. The molecule has 1 aliphatic rings. The molecule has 0 spiro atoms. The maximum Gasteiger partial charge on any atom is 0.248 e. The predicted molar refractivity (Wildman–Crippen MR) is 135 cm³/mol. The third-order valence-corrected chi connectivity index (χ3v) is 9.01. The molecule has 2 aromatic heterocycles. The molecule has 0 aliphatic heterocycles. The summed E-state index contributed by atoms with van der Waals surface area (Å²) in [7, 11) is -3.69. The van der Waals surface area contributed by atoms with E-state index in [1.807, 2.05) is 56.3 Å². The zero-order valence-electron chi connectivity index (χ0n) is 19.5. The van der Waals surface area contributed by atoms with Gasteiger partial charge in [-0.25, -0.2) is 17.4 Å². The number of hydrogen-bond acceptors (Lipinski definition) is 4. The first-order chi connectivity index (χ1) is 16.3. The highest BCUT2D eigenvalue weighted by molar-refractivity contribution is 7.91. The molecule has 2 aromatic carbocycles. The fraction of sp³-hybridized carbons (Fsp3) is 0.259. The van der Waals surface area contributed by atoms with Gasteiger partial charge in [0.2, 0.25) is 10.0 Å². The number of nitriles is 1. The van der Waals surface area contributed by atoms with Crippen molar-refractivity contribution < 1.29 is 8.42 Å². The van der Waals surface area contributed by atoms with E-state index in [1.165, 1.54) is 3.97 Å². The van der Waals surface area contributed by atoms with E-state index in [2.05, 4.69) is 16.0 Å². The van der Waals surface area contributed by atoms with Gasteiger partial charge in [-0.3, -0.25) is 0 Å². The summed E-state index contributed by atoms with van der Waals surface area (Å²) in [5.74, 6) is 0.769. The molecule has 0 saturated carbocycles. The van der Waals surface area contributed by atoms with Crippen LogP contribution in [0.15, 0.2) is 66.4 Å². The van der Waals surface area contributed by atoms with Crippen molar-refractivity contribution in [1.82, 2.24) is 13.9 Å². The van der Waals surface area contributed by atoms with Gasteiger partial charge < -0.3 is 4.98 Å². The summed E-state index contributed by atoms with van der Waals surface area (Å²) in [6, 6.07) is 13.4. The summed E-state index contributed by atoms with van der Waals surface area (Å²) in [6.45, 7) is 5.78. The molecule has 0 saturated heterocycles. The van der Waals surface area contributed by atoms with Crippen LogP contribution in [-0.4, -0.2) is 27.1 Å². The molecule has 6 nitrogen and oxygen atoms in total. The maximum absolute atomic E-state index is 13.9. The SMILES string of the molecule is CCC1=CC(C)(S(=O)(=O)n2ccc3c(Cc4nc5ccc(C#N)cc5[nH]4)ccc(C)c32)CC=C1. The lowest BCUT2D eigenvalue weighted by molar-refractivity contribution is 0.553. The molecule has 1 aliphatic carbocycles. The van der Waals surface area contributed by atoms with E-state index in [4.69, 9.17) is 5.26 Å². The monoisotopic (exact) mass is 470 g/mol. The predicted octanol–water partition coefficient (Wildman–Crippen LogP) is 5.52. The zero-order chi connectivity index (χ0) is 24.1. The second-order valence-electron chi connectivity index (χ2n) is 9.12. The Kier molecular flexibility index (Phi) is 5.22. The normalized spacial score (nSPS) is 18.4. The molecule has 1 atom stereocenters. The average molecular weight is 471 g/mol. The van der Waals surface area contributed by atoms with Gasteiger partial charge in [-0.05, 0) is 62.1 Å². The third kappa shape index (κ3) is 3.46. The summed E-state index contributed by atoms with van der Waals surface area (Å²) >= 11 is 0.